The second kappa shape index (κ2) is 8.17. The van der Waals surface area contributed by atoms with Crippen molar-refractivity contribution in [2.45, 2.75) is 56.7 Å². The number of amides is 1. The summed E-state index contributed by atoms with van der Waals surface area (Å²) in [6.07, 6.45) is 1.58. The van der Waals surface area contributed by atoms with Crippen LogP contribution in [0.4, 0.5) is 13.2 Å². The number of nitrogens with zero attached hydrogens (tertiary/aromatic N) is 1. The molecule has 1 aromatic carbocycles. The molecule has 1 heterocycles. The molecule has 3 nitrogen and oxygen atoms in total. The average molecular weight is 391 g/mol. The largest absolute Gasteiger partial charge is 0.416 e. The van der Waals surface area contributed by atoms with Gasteiger partial charge in [-0.05, 0) is 62.5 Å². The molecule has 2 N–H and O–H groups in total. The normalized spacial score (nSPS) is 22.3. The SMILES string of the molecule is Cl.NC1(C(=O)N2CCCC(CCc3cccc(C(F)(F)F)c3)C2)CCC1. The van der Waals surface area contributed by atoms with Crippen LogP contribution in [0.25, 0.3) is 0 Å². The Morgan fingerprint density at radius 3 is 2.62 bits per heavy atom. The highest BCUT2D eigenvalue weighted by atomic mass is 35.5. The van der Waals surface area contributed by atoms with E-state index in [0.29, 0.717) is 24.4 Å². The van der Waals surface area contributed by atoms with Crippen molar-refractivity contribution in [2.75, 3.05) is 13.1 Å². The summed E-state index contributed by atoms with van der Waals surface area (Å²) in [6, 6.07) is 5.53. The summed E-state index contributed by atoms with van der Waals surface area (Å²) in [5, 5.41) is 0. The van der Waals surface area contributed by atoms with E-state index in [4.69, 9.17) is 5.73 Å². The van der Waals surface area contributed by atoms with Gasteiger partial charge in [-0.15, -0.1) is 12.4 Å². The molecule has 0 spiro atoms. The summed E-state index contributed by atoms with van der Waals surface area (Å²) in [6.45, 7) is 1.43. The van der Waals surface area contributed by atoms with Crippen LogP contribution in [0.2, 0.25) is 0 Å². The Hall–Kier alpha value is -1.27. The highest BCUT2D eigenvalue weighted by molar-refractivity contribution is 5.87. The van der Waals surface area contributed by atoms with Crippen molar-refractivity contribution in [3.63, 3.8) is 0 Å². The highest BCUT2D eigenvalue weighted by Crippen LogP contribution is 2.33. The molecular formula is C19H26ClF3N2O. The van der Waals surface area contributed by atoms with Crippen LogP contribution in [-0.4, -0.2) is 29.4 Å². The predicted octanol–water partition coefficient (Wildman–Crippen LogP) is 4.18. The first-order valence-electron chi connectivity index (χ1n) is 9.02. The molecule has 7 heteroatoms. The van der Waals surface area contributed by atoms with Crippen molar-refractivity contribution in [1.82, 2.24) is 4.90 Å². The maximum Gasteiger partial charge on any atom is 0.416 e. The first-order chi connectivity index (χ1) is 11.8. The van der Waals surface area contributed by atoms with E-state index >= 15 is 0 Å². The van der Waals surface area contributed by atoms with E-state index in [2.05, 4.69) is 0 Å². The molecule has 0 bridgehead atoms. The van der Waals surface area contributed by atoms with Gasteiger partial charge in [0.15, 0.2) is 0 Å². The number of piperidine rings is 1. The molecule has 26 heavy (non-hydrogen) atoms. The van der Waals surface area contributed by atoms with Crippen molar-refractivity contribution >= 4 is 18.3 Å². The number of carbonyl (C=O) groups is 1. The summed E-state index contributed by atoms with van der Waals surface area (Å²) in [4.78, 5) is 14.4. The molecule has 1 saturated heterocycles. The van der Waals surface area contributed by atoms with E-state index in [-0.39, 0.29) is 18.3 Å². The van der Waals surface area contributed by atoms with E-state index in [1.165, 1.54) is 12.1 Å². The van der Waals surface area contributed by atoms with E-state index < -0.39 is 17.3 Å². The van der Waals surface area contributed by atoms with Crippen molar-refractivity contribution in [3.05, 3.63) is 35.4 Å². The number of benzene rings is 1. The molecule has 2 fully saturated rings. The standard InChI is InChI=1S/C19H25F3N2O.ClH/c20-19(21,22)16-6-1-4-14(12-16)7-8-15-5-2-11-24(13-15)17(25)18(23)9-3-10-18;/h1,4,6,12,15H,2-3,5,7-11,13,23H2;1H. The minimum absolute atomic E-state index is 0. The minimum atomic E-state index is -4.30. The van der Waals surface area contributed by atoms with E-state index in [1.807, 2.05) is 4.90 Å². The van der Waals surface area contributed by atoms with Crippen molar-refractivity contribution < 1.29 is 18.0 Å². The fourth-order valence-electron chi connectivity index (χ4n) is 3.85. The molecule has 1 unspecified atom stereocenters. The summed E-state index contributed by atoms with van der Waals surface area (Å²) in [5.74, 6) is 0.387. The highest BCUT2D eigenvalue weighted by Gasteiger charge is 2.43. The monoisotopic (exact) mass is 390 g/mol. The Bertz CT molecular complexity index is 631. The Kier molecular flexibility index (Phi) is 6.61. The first-order valence-corrected chi connectivity index (χ1v) is 9.02. The predicted molar refractivity (Wildman–Crippen MR) is 97.1 cm³/mol. The van der Waals surface area contributed by atoms with Gasteiger partial charge < -0.3 is 10.6 Å². The Labute approximate surface area is 158 Å². The zero-order chi connectivity index (χ0) is 18.1. The van der Waals surface area contributed by atoms with Crippen molar-refractivity contribution in [3.8, 4) is 0 Å². The van der Waals surface area contributed by atoms with Gasteiger partial charge in [-0.2, -0.15) is 13.2 Å². The van der Waals surface area contributed by atoms with Crippen LogP contribution in [0.15, 0.2) is 24.3 Å². The first kappa shape index (κ1) is 21.0. The third-order valence-corrected chi connectivity index (χ3v) is 5.57. The van der Waals surface area contributed by atoms with Crippen LogP contribution < -0.4 is 5.73 Å². The summed E-state index contributed by atoms with van der Waals surface area (Å²) < 4.78 is 38.4. The lowest BCUT2D eigenvalue weighted by molar-refractivity contribution is -0.142. The second-order valence-electron chi connectivity index (χ2n) is 7.51. The van der Waals surface area contributed by atoms with E-state index in [1.54, 1.807) is 6.07 Å². The molecule has 1 aliphatic heterocycles. The number of carbonyl (C=O) groups excluding carboxylic acids is 1. The number of halogens is 4. The number of nitrogens with two attached hydrogens (primary N) is 1. The van der Waals surface area contributed by atoms with Gasteiger partial charge >= 0.3 is 6.18 Å². The van der Waals surface area contributed by atoms with Gasteiger partial charge in [0.1, 0.15) is 0 Å². The van der Waals surface area contributed by atoms with Crippen LogP contribution in [-0.2, 0) is 17.4 Å². The molecular weight excluding hydrogens is 365 g/mol. The van der Waals surface area contributed by atoms with Crippen LogP contribution in [0.3, 0.4) is 0 Å². The number of hydrogen-bond donors (Lipinski definition) is 1. The molecule has 1 aliphatic carbocycles. The third kappa shape index (κ3) is 4.71. The molecule has 2 aliphatic rings. The number of alkyl halides is 3. The van der Waals surface area contributed by atoms with Gasteiger partial charge in [0.25, 0.3) is 0 Å². The Balaban J connectivity index is 0.00000243. The van der Waals surface area contributed by atoms with Crippen molar-refractivity contribution in [2.24, 2.45) is 11.7 Å². The lowest BCUT2D eigenvalue weighted by atomic mass is 9.76. The molecule has 1 saturated carbocycles. The Morgan fingerprint density at radius 2 is 2.00 bits per heavy atom. The van der Waals surface area contributed by atoms with Crippen LogP contribution in [0.1, 0.15) is 49.7 Å². The fraction of sp³-hybridized carbons (Fsp3) is 0.632. The summed E-state index contributed by atoms with van der Waals surface area (Å²) >= 11 is 0. The zero-order valence-electron chi connectivity index (χ0n) is 14.7. The smallest absolute Gasteiger partial charge is 0.341 e. The number of rotatable bonds is 4. The Morgan fingerprint density at radius 1 is 1.27 bits per heavy atom. The molecule has 3 rings (SSSR count). The van der Waals surface area contributed by atoms with Gasteiger partial charge in [0.05, 0.1) is 11.1 Å². The second-order valence-corrected chi connectivity index (χ2v) is 7.51. The minimum Gasteiger partial charge on any atom is -0.341 e. The van der Waals surface area contributed by atoms with Crippen LogP contribution >= 0.6 is 12.4 Å². The van der Waals surface area contributed by atoms with E-state index in [9.17, 15) is 18.0 Å². The average Bonchev–Trinajstić information content (AvgIpc) is 2.57. The van der Waals surface area contributed by atoms with Gasteiger partial charge in [-0.3, -0.25) is 4.79 Å². The molecule has 0 radical (unpaired) electrons. The zero-order valence-corrected chi connectivity index (χ0v) is 15.5. The number of hydrogen-bond acceptors (Lipinski definition) is 2. The van der Waals surface area contributed by atoms with Gasteiger partial charge in [-0.25, -0.2) is 0 Å². The van der Waals surface area contributed by atoms with Crippen LogP contribution in [0.5, 0.6) is 0 Å². The molecule has 146 valence electrons. The number of aryl methyl sites for hydroxylation is 1. The number of likely N-dealkylation sites (tertiary alicyclic amines) is 1. The van der Waals surface area contributed by atoms with E-state index in [0.717, 1.165) is 51.1 Å². The lowest BCUT2D eigenvalue weighted by Gasteiger charge is -2.43. The van der Waals surface area contributed by atoms with Gasteiger partial charge in [0, 0.05) is 13.1 Å². The third-order valence-electron chi connectivity index (χ3n) is 5.57. The van der Waals surface area contributed by atoms with Crippen molar-refractivity contribution in [1.29, 1.82) is 0 Å². The fourth-order valence-corrected chi connectivity index (χ4v) is 3.85. The summed E-state index contributed by atoms with van der Waals surface area (Å²) in [7, 11) is 0. The maximum absolute atomic E-state index is 12.8. The quantitative estimate of drug-likeness (QED) is 0.838. The summed E-state index contributed by atoms with van der Waals surface area (Å²) in [5.41, 5.74) is 5.59. The molecule has 1 aromatic rings. The topological polar surface area (TPSA) is 46.3 Å². The molecule has 1 amide bonds. The molecule has 1 atom stereocenters. The lowest BCUT2D eigenvalue weighted by Crippen LogP contribution is -2.60. The van der Waals surface area contributed by atoms with Gasteiger partial charge in [0.2, 0.25) is 5.91 Å². The van der Waals surface area contributed by atoms with Crippen LogP contribution in [0, 0.1) is 5.92 Å². The van der Waals surface area contributed by atoms with Gasteiger partial charge in [-0.1, -0.05) is 18.2 Å². The maximum atomic E-state index is 12.8. The molecule has 0 aromatic heterocycles.